The number of amides is 1. The van der Waals surface area contributed by atoms with Gasteiger partial charge in [-0.25, -0.2) is 0 Å². The van der Waals surface area contributed by atoms with Gasteiger partial charge in [0.15, 0.2) is 0 Å². The lowest BCUT2D eigenvalue weighted by Gasteiger charge is -2.25. The van der Waals surface area contributed by atoms with Gasteiger partial charge >= 0.3 is 0 Å². The minimum absolute atomic E-state index is 0.0784. The van der Waals surface area contributed by atoms with Crippen LogP contribution >= 0.6 is 11.3 Å². The van der Waals surface area contributed by atoms with Crippen molar-refractivity contribution in [3.63, 3.8) is 0 Å². The summed E-state index contributed by atoms with van der Waals surface area (Å²) in [5.74, 6) is 0.0784. The highest BCUT2D eigenvalue weighted by molar-refractivity contribution is 7.09. The molecule has 1 saturated heterocycles. The molecule has 0 saturated carbocycles. The molecule has 1 atom stereocenters. The molecule has 25 heavy (non-hydrogen) atoms. The summed E-state index contributed by atoms with van der Waals surface area (Å²) in [6, 6.07) is 18.2. The van der Waals surface area contributed by atoms with E-state index in [1.807, 2.05) is 41.3 Å². The number of hydrogen-bond acceptors (Lipinski definition) is 3. The predicted octanol–water partition coefficient (Wildman–Crippen LogP) is 4.72. The average Bonchev–Trinajstić information content (AvgIpc) is 3.34. The molecule has 128 valence electrons. The second-order valence-electron chi connectivity index (χ2n) is 6.46. The van der Waals surface area contributed by atoms with E-state index in [0.717, 1.165) is 35.8 Å². The van der Waals surface area contributed by atoms with Crippen molar-refractivity contribution in [1.82, 2.24) is 4.90 Å². The van der Waals surface area contributed by atoms with Gasteiger partial charge in [-0.2, -0.15) is 0 Å². The number of carbonyl (C=O) groups excluding carboxylic acids is 1. The second kappa shape index (κ2) is 7.38. The van der Waals surface area contributed by atoms with Crippen LogP contribution in [0.15, 0.2) is 60.0 Å². The van der Waals surface area contributed by atoms with E-state index in [2.05, 4.69) is 23.6 Å². The fourth-order valence-electron chi connectivity index (χ4n) is 3.35. The first-order valence-corrected chi connectivity index (χ1v) is 9.59. The Labute approximate surface area is 151 Å². The topological polar surface area (TPSA) is 29.5 Å². The lowest BCUT2D eigenvalue weighted by Crippen LogP contribution is -2.36. The van der Waals surface area contributed by atoms with Crippen LogP contribution in [-0.4, -0.2) is 30.1 Å². The molecule has 1 aliphatic rings. The van der Waals surface area contributed by atoms with Crippen molar-refractivity contribution in [2.24, 2.45) is 0 Å². The van der Waals surface area contributed by atoms with Crippen molar-refractivity contribution in [3.05, 3.63) is 70.4 Å². The van der Waals surface area contributed by atoms with Crippen molar-refractivity contribution in [1.29, 1.82) is 0 Å². The summed E-state index contributed by atoms with van der Waals surface area (Å²) in [6.45, 7) is 2.11. The highest BCUT2D eigenvalue weighted by atomic mass is 32.1. The zero-order chi connectivity index (χ0) is 17.1. The maximum absolute atomic E-state index is 13.2. The zero-order valence-corrected chi connectivity index (χ0v) is 14.9. The molecule has 0 spiro atoms. The summed E-state index contributed by atoms with van der Waals surface area (Å²) in [6.07, 6.45) is 2.28. The molecule has 0 radical (unpaired) electrons. The van der Waals surface area contributed by atoms with Gasteiger partial charge in [0.2, 0.25) is 0 Å². The third-order valence-corrected chi connectivity index (χ3v) is 5.52. The van der Waals surface area contributed by atoms with Gasteiger partial charge < -0.3 is 9.64 Å². The number of ether oxygens (including phenoxy) is 1. The maximum Gasteiger partial charge on any atom is 0.254 e. The molecule has 1 aromatic heterocycles. The Morgan fingerprint density at radius 2 is 2.00 bits per heavy atom. The Kier molecular flexibility index (Phi) is 4.81. The van der Waals surface area contributed by atoms with Crippen LogP contribution in [-0.2, 0) is 11.3 Å². The molecule has 3 aromatic rings. The number of carbonyl (C=O) groups is 1. The van der Waals surface area contributed by atoms with Crippen LogP contribution in [0, 0.1) is 0 Å². The van der Waals surface area contributed by atoms with E-state index in [-0.39, 0.29) is 12.0 Å². The Balaban J connectivity index is 1.60. The van der Waals surface area contributed by atoms with Crippen LogP contribution in [0.2, 0.25) is 0 Å². The largest absolute Gasteiger partial charge is 0.376 e. The summed E-state index contributed by atoms with van der Waals surface area (Å²) in [7, 11) is 0. The minimum atomic E-state index is 0.0784. The molecule has 1 fully saturated rings. The van der Waals surface area contributed by atoms with Crippen molar-refractivity contribution in [2.45, 2.75) is 25.5 Å². The Hall–Kier alpha value is -2.17. The van der Waals surface area contributed by atoms with Gasteiger partial charge in [-0.1, -0.05) is 36.4 Å². The monoisotopic (exact) mass is 351 g/mol. The summed E-state index contributed by atoms with van der Waals surface area (Å²) < 4.78 is 5.77. The molecule has 2 aromatic carbocycles. The molecular formula is C21H21NO2S. The molecule has 2 heterocycles. The van der Waals surface area contributed by atoms with Crippen LogP contribution in [0.3, 0.4) is 0 Å². The third-order valence-electron chi connectivity index (χ3n) is 4.66. The van der Waals surface area contributed by atoms with Gasteiger partial charge in [0.1, 0.15) is 0 Å². The molecule has 0 bridgehead atoms. The van der Waals surface area contributed by atoms with Crippen molar-refractivity contribution in [3.8, 4) is 0 Å². The SMILES string of the molecule is O=C(c1ccc2ccccc2c1)N(Cc1cccs1)C[C@@H]1CCCO1. The van der Waals surface area contributed by atoms with Crippen molar-refractivity contribution in [2.75, 3.05) is 13.2 Å². The van der Waals surface area contributed by atoms with Gasteiger partial charge in [-0.15, -0.1) is 11.3 Å². The first-order valence-electron chi connectivity index (χ1n) is 8.72. The number of thiophene rings is 1. The fraction of sp³-hybridized carbons (Fsp3) is 0.286. The molecule has 0 unspecified atom stereocenters. The van der Waals surface area contributed by atoms with Crippen molar-refractivity contribution < 1.29 is 9.53 Å². The zero-order valence-electron chi connectivity index (χ0n) is 14.1. The van der Waals surface area contributed by atoms with E-state index in [9.17, 15) is 4.79 Å². The number of benzene rings is 2. The Morgan fingerprint density at radius 3 is 2.76 bits per heavy atom. The normalized spacial score (nSPS) is 17.0. The fourth-order valence-corrected chi connectivity index (χ4v) is 4.07. The third kappa shape index (κ3) is 3.75. The number of nitrogens with zero attached hydrogens (tertiary/aromatic N) is 1. The number of hydrogen-bond donors (Lipinski definition) is 0. The molecule has 1 amide bonds. The van der Waals surface area contributed by atoms with Gasteiger partial charge in [0, 0.05) is 23.6 Å². The van der Waals surface area contributed by atoms with E-state index >= 15 is 0 Å². The summed E-state index contributed by atoms with van der Waals surface area (Å²) in [5.41, 5.74) is 0.744. The summed E-state index contributed by atoms with van der Waals surface area (Å²) >= 11 is 1.69. The smallest absolute Gasteiger partial charge is 0.254 e. The van der Waals surface area contributed by atoms with E-state index in [1.165, 1.54) is 4.88 Å². The molecule has 1 aliphatic heterocycles. The van der Waals surface area contributed by atoms with E-state index < -0.39 is 0 Å². The lowest BCUT2D eigenvalue weighted by atomic mass is 10.1. The summed E-state index contributed by atoms with van der Waals surface area (Å²) in [4.78, 5) is 16.3. The molecule has 0 aliphatic carbocycles. The van der Waals surface area contributed by atoms with Crippen LogP contribution in [0.1, 0.15) is 28.1 Å². The molecular weight excluding hydrogens is 330 g/mol. The van der Waals surface area contributed by atoms with Crippen LogP contribution in [0.4, 0.5) is 0 Å². The summed E-state index contributed by atoms with van der Waals surface area (Å²) in [5, 5.41) is 4.31. The first-order chi connectivity index (χ1) is 12.3. The quantitative estimate of drug-likeness (QED) is 0.665. The maximum atomic E-state index is 13.2. The van der Waals surface area contributed by atoms with E-state index in [1.54, 1.807) is 11.3 Å². The average molecular weight is 351 g/mol. The molecule has 0 N–H and O–H groups in total. The molecule has 3 nitrogen and oxygen atoms in total. The predicted molar refractivity (Wildman–Crippen MR) is 102 cm³/mol. The standard InChI is InChI=1S/C21H21NO2S/c23-21(18-10-9-16-5-1-2-6-17(16)13-18)22(14-19-7-3-11-24-19)15-20-8-4-12-25-20/h1-2,4-6,8-10,12-13,19H,3,7,11,14-15H2/t19-/m0/s1. The highest BCUT2D eigenvalue weighted by Gasteiger charge is 2.24. The van der Waals surface area contributed by atoms with Gasteiger partial charge in [0.25, 0.3) is 5.91 Å². The molecule has 4 heteroatoms. The van der Waals surface area contributed by atoms with Crippen LogP contribution in [0.5, 0.6) is 0 Å². The first kappa shape index (κ1) is 16.3. The number of fused-ring (bicyclic) bond motifs is 1. The Bertz CT molecular complexity index is 853. The van der Waals surface area contributed by atoms with Crippen molar-refractivity contribution >= 4 is 28.0 Å². The van der Waals surface area contributed by atoms with Gasteiger partial charge in [-0.05, 0) is 47.2 Å². The Morgan fingerprint density at radius 1 is 1.12 bits per heavy atom. The lowest BCUT2D eigenvalue weighted by molar-refractivity contribution is 0.0510. The second-order valence-corrected chi connectivity index (χ2v) is 7.49. The van der Waals surface area contributed by atoms with E-state index in [0.29, 0.717) is 13.1 Å². The van der Waals surface area contributed by atoms with Crippen LogP contribution in [0.25, 0.3) is 10.8 Å². The van der Waals surface area contributed by atoms with E-state index in [4.69, 9.17) is 4.74 Å². The van der Waals surface area contributed by atoms with Gasteiger partial charge in [0.05, 0.1) is 12.6 Å². The van der Waals surface area contributed by atoms with Gasteiger partial charge in [-0.3, -0.25) is 4.79 Å². The van der Waals surface area contributed by atoms with Crippen LogP contribution < -0.4 is 0 Å². The minimum Gasteiger partial charge on any atom is -0.376 e. The number of rotatable bonds is 5. The molecule has 4 rings (SSSR count). The highest BCUT2D eigenvalue weighted by Crippen LogP contribution is 2.21.